The van der Waals surface area contributed by atoms with Crippen LogP contribution >= 0.6 is 23.2 Å². The van der Waals surface area contributed by atoms with Crippen LogP contribution in [0.2, 0.25) is 10.0 Å². The molecule has 0 spiro atoms. The summed E-state index contributed by atoms with van der Waals surface area (Å²) in [5.41, 5.74) is 2.46. The number of nitrogens with zero attached hydrogens (tertiary/aromatic N) is 3. The first-order valence-electron chi connectivity index (χ1n) is 11.5. The van der Waals surface area contributed by atoms with Crippen molar-refractivity contribution in [2.24, 2.45) is 0 Å². The quantitative estimate of drug-likeness (QED) is 0.345. The Bertz CT molecular complexity index is 1500. The monoisotopic (exact) mass is 530 g/mol. The molecule has 184 valence electrons. The normalized spacial score (nSPS) is 15.1. The molecule has 2 aromatic carbocycles. The van der Waals surface area contributed by atoms with Crippen LogP contribution in [0, 0.1) is 0 Å². The first-order valence-corrected chi connectivity index (χ1v) is 12.2. The van der Waals surface area contributed by atoms with Gasteiger partial charge in [-0.05, 0) is 54.1 Å². The molecule has 2 aromatic heterocycles. The Balaban J connectivity index is 1.60. The van der Waals surface area contributed by atoms with Gasteiger partial charge in [-0.3, -0.25) is 24.4 Å². The van der Waals surface area contributed by atoms with Crippen molar-refractivity contribution < 1.29 is 14.4 Å². The van der Waals surface area contributed by atoms with E-state index in [9.17, 15) is 14.4 Å². The Morgan fingerprint density at radius 2 is 1.76 bits per heavy atom. The van der Waals surface area contributed by atoms with Crippen LogP contribution in [-0.2, 0) is 17.8 Å². The summed E-state index contributed by atoms with van der Waals surface area (Å²) in [4.78, 5) is 50.6. The largest absolute Gasteiger partial charge is 0.323 e. The van der Waals surface area contributed by atoms with E-state index in [0.29, 0.717) is 33.1 Å². The van der Waals surface area contributed by atoms with Crippen molar-refractivity contribution in [1.29, 1.82) is 0 Å². The van der Waals surface area contributed by atoms with Gasteiger partial charge >= 0.3 is 0 Å². The number of benzene rings is 2. The van der Waals surface area contributed by atoms with Crippen LogP contribution in [0.15, 0.2) is 85.3 Å². The highest BCUT2D eigenvalue weighted by Gasteiger charge is 2.36. The number of fused-ring (bicyclic) bond motifs is 1. The topological polar surface area (TPSA) is 92.3 Å². The number of carbonyl (C=O) groups is 3. The van der Waals surface area contributed by atoms with Crippen molar-refractivity contribution in [3.63, 3.8) is 0 Å². The molecule has 3 heterocycles. The molecule has 1 N–H and O–H groups in total. The predicted octanol–water partition coefficient (Wildman–Crippen LogP) is 5.22. The standard InChI is InChI=1S/C28H20Cl2N4O3/c29-19-7-8-21-23(14-19)33-27(36)24(15-20-5-1-2-11-32-20)34(28(21)37)16-18-4-3-6-22(30)25(18)26(35)17-9-12-31-13-10-17/h1-14,24H,15-16H2,(H,33,36)/t24-/m1/s1. The number of aromatic nitrogens is 2. The first-order chi connectivity index (χ1) is 17.9. The van der Waals surface area contributed by atoms with Crippen LogP contribution in [-0.4, -0.2) is 38.5 Å². The maximum Gasteiger partial charge on any atom is 0.256 e. The molecular formula is C28H20Cl2N4O3. The van der Waals surface area contributed by atoms with E-state index in [1.165, 1.54) is 17.3 Å². The van der Waals surface area contributed by atoms with E-state index < -0.39 is 6.04 Å². The van der Waals surface area contributed by atoms with Gasteiger partial charge in [-0.25, -0.2) is 0 Å². The lowest BCUT2D eigenvalue weighted by atomic mass is 9.97. The van der Waals surface area contributed by atoms with Crippen molar-refractivity contribution in [2.75, 3.05) is 5.32 Å². The SMILES string of the molecule is O=C(c1ccncc1)c1c(Cl)cccc1CN1C(=O)c2ccc(Cl)cc2NC(=O)[C@H]1Cc1ccccn1. The van der Waals surface area contributed by atoms with Crippen LogP contribution in [0.4, 0.5) is 5.69 Å². The Hall–Kier alpha value is -4.07. The summed E-state index contributed by atoms with van der Waals surface area (Å²) < 4.78 is 0. The fourth-order valence-electron chi connectivity index (χ4n) is 4.35. The predicted molar refractivity (Wildman–Crippen MR) is 141 cm³/mol. The number of amides is 2. The molecule has 0 fully saturated rings. The summed E-state index contributed by atoms with van der Waals surface area (Å²) in [5.74, 6) is -1.07. The van der Waals surface area contributed by atoms with Gasteiger partial charge in [-0.2, -0.15) is 0 Å². The molecule has 2 amide bonds. The zero-order valence-electron chi connectivity index (χ0n) is 19.4. The first kappa shape index (κ1) is 24.6. The van der Waals surface area contributed by atoms with Gasteiger partial charge in [0, 0.05) is 53.4 Å². The zero-order chi connectivity index (χ0) is 25.9. The number of anilines is 1. The Kier molecular flexibility index (Phi) is 6.99. The number of rotatable bonds is 6. The van der Waals surface area contributed by atoms with Crippen molar-refractivity contribution in [1.82, 2.24) is 14.9 Å². The third-order valence-electron chi connectivity index (χ3n) is 6.15. The van der Waals surface area contributed by atoms with Gasteiger partial charge in [0.15, 0.2) is 5.78 Å². The van der Waals surface area contributed by atoms with Crippen molar-refractivity contribution >= 4 is 46.5 Å². The average Bonchev–Trinajstić information content (AvgIpc) is 2.99. The maximum absolute atomic E-state index is 13.9. The van der Waals surface area contributed by atoms with E-state index in [1.54, 1.807) is 66.9 Å². The molecule has 0 radical (unpaired) electrons. The molecule has 4 aromatic rings. The molecule has 0 saturated carbocycles. The van der Waals surface area contributed by atoms with Crippen LogP contribution in [0.25, 0.3) is 0 Å². The Morgan fingerprint density at radius 1 is 0.946 bits per heavy atom. The van der Waals surface area contributed by atoms with E-state index in [2.05, 4.69) is 15.3 Å². The molecular weight excluding hydrogens is 511 g/mol. The minimum atomic E-state index is -0.906. The Morgan fingerprint density at radius 3 is 2.51 bits per heavy atom. The van der Waals surface area contributed by atoms with Crippen LogP contribution in [0.5, 0.6) is 0 Å². The van der Waals surface area contributed by atoms with Gasteiger partial charge in [0.05, 0.1) is 16.3 Å². The van der Waals surface area contributed by atoms with E-state index in [1.807, 2.05) is 6.07 Å². The number of hydrogen-bond acceptors (Lipinski definition) is 5. The highest BCUT2D eigenvalue weighted by Crippen LogP contribution is 2.31. The second-order valence-electron chi connectivity index (χ2n) is 8.49. The number of nitrogens with one attached hydrogen (secondary N) is 1. The maximum atomic E-state index is 13.9. The average molecular weight is 531 g/mol. The van der Waals surface area contributed by atoms with E-state index >= 15 is 0 Å². The molecule has 1 aliphatic rings. The number of ketones is 1. The number of halogens is 2. The third-order valence-corrected chi connectivity index (χ3v) is 6.70. The summed E-state index contributed by atoms with van der Waals surface area (Å²) in [6, 6.07) is 17.5. The smallest absolute Gasteiger partial charge is 0.256 e. The molecule has 0 bridgehead atoms. The molecule has 0 unspecified atom stereocenters. The van der Waals surface area contributed by atoms with Crippen molar-refractivity contribution in [3.05, 3.63) is 123 Å². The number of hydrogen-bond donors (Lipinski definition) is 1. The highest BCUT2D eigenvalue weighted by atomic mass is 35.5. The van der Waals surface area contributed by atoms with E-state index in [4.69, 9.17) is 23.2 Å². The zero-order valence-corrected chi connectivity index (χ0v) is 20.9. The van der Waals surface area contributed by atoms with Gasteiger partial charge in [0.1, 0.15) is 6.04 Å². The van der Waals surface area contributed by atoms with Crippen molar-refractivity contribution in [3.8, 4) is 0 Å². The van der Waals surface area contributed by atoms with Crippen LogP contribution in [0.3, 0.4) is 0 Å². The fourth-order valence-corrected chi connectivity index (χ4v) is 4.80. The van der Waals surface area contributed by atoms with Gasteiger partial charge in [0.2, 0.25) is 5.91 Å². The van der Waals surface area contributed by atoms with Gasteiger partial charge in [-0.1, -0.05) is 41.4 Å². The van der Waals surface area contributed by atoms with Crippen LogP contribution < -0.4 is 5.32 Å². The summed E-state index contributed by atoms with van der Waals surface area (Å²) >= 11 is 12.7. The minimum Gasteiger partial charge on any atom is -0.323 e. The summed E-state index contributed by atoms with van der Waals surface area (Å²) in [7, 11) is 0. The second-order valence-corrected chi connectivity index (χ2v) is 9.34. The molecule has 1 atom stereocenters. The fraction of sp³-hybridized carbons (Fsp3) is 0.107. The molecule has 9 heteroatoms. The lowest BCUT2D eigenvalue weighted by molar-refractivity contribution is -0.120. The summed E-state index contributed by atoms with van der Waals surface area (Å²) in [6.07, 6.45) is 4.86. The van der Waals surface area contributed by atoms with Gasteiger partial charge in [-0.15, -0.1) is 0 Å². The minimum absolute atomic E-state index is 0.0292. The summed E-state index contributed by atoms with van der Waals surface area (Å²) in [6.45, 7) is -0.0292. The highest BCUT2D eigenvalue weighted by molar-refractivity contribution is 6.35. The molecule has 0 saturated heterocycles. The van der Waals surface area contributed by atoms with Gasteiger partial charge in [0.25, 0.3) is 5.91 Å². The second kappa shape index (κ2) is 10.5. The number of carbonyl (C=O) groups excluding carboxylic acids is 3. The van der Waals surface area contributed by atoms with Gasteiger partial charge < -0.3 is 10.2 Å². The molecule has 0 aliphatic carbocycles. The van der Waals surface area contributed by atoms with Crippen molar-refractivity contribution in [2.45, 2.75) is 19.0 Å². The van der Waals surface area contributed by atoms with E-state index in [-0.39, 0.29) is 41.1 Å². The van der Waals surface area contributed by atoms with Crippen LogP contribution in [0.1, 0.15) is 37.5 Å². The molecule has 7 nitrogen and oxygen atoms in total. The molecule has 5 rings (SSSR count). The number of pyridine rings is 2. The third kappa shape index (κ3) is 5.09. The Labute approximate surface area is 223 Å². The lowest BCUT2D eigenvalue weighted by Crippen LogP contribution is -2.46. The molecule has 1 aliphatic heterocycles. The lowest BCUT2D eigenvalue weighted by Gasteiger charge is -2.29. The summed E-state index contributed by atoms with van der Waals surface area (Å²) in [5, 5.41) is 3.48. The van der Waals surface area contributed by atoms with E-state index in [0.717, 1.165) is 0 Å². The molecule has 37 heavy (non-hydrogen) atoms.